The van der Waals surface area contributed by atoms with Crippen molar-refractivity contribution < 1.29 is 14.7 Å². The number of benzene rings is 1. The summed E-state index contributed by atoms with van der Waals surface area (Å²) >= 11 is 0. The minimum Gasteiger partial charge on any atom is -0.480 e. The van der Waals surface area contributed by atoms with E-state index in [2.05, 4.69) is 0 Å². The first kappa shape index (κ1) is 15.5. The van der Waals surface area contributed by atoms with E-state index in [-0.39, 0.29) is 11.9 Å². The van der Waals surface area contributed by atoms with Crippen LogP contribution in [0.1, 0.15) is 37.3 Å². The second-order valence-corrected chi connectivity index (χ2v) is 5.72. The molecule has 0 bridgehead atoms. The summed E-state index contributed by atoms with van der Waals surface area (Å²) in [6.07, 6.45) is 2.20. The Bertz CT molecular complexity index is 528. The normalized spacial score (nSPS) is 19.0. The maximum Gasteiger partial charge on any atom is 0.326 e. The quantitative estimate of drug-likeness (QED) is 0.861. The smallest absolute Gasteiger partial charge is 0.326 e. The van der Waals surface area contributed by atoms with Crippen molar-refractivity contribution in [3.63, 3.8) is 0 Å². The Morgan fingerprint density at radius 1 is 1.38 bits per heavy atom. The van der Waals surface area contributed by atoms with Crippen LogP contribution in [-0.2, 0) is 22.6 Å². The monoisotopic (exact) mass is 290 g/mol. The van der Waals surface area contributed by atoms with Gasteiger partial charge in [-0.25, -0.2) is 4.79 Å². The lowest BCUT2D eigenvalue weighted by molar-refractivity contribution is -0.151. The van der Waals surface area contributed by atoms with E-state index >= 15 is 0 Å². The molecule has 21 heavy (non-hydrogen) atoms. The molecule has 2 atom stereocenters. The number of amides is 1. The molecule has 0 saturated carbocycles. The van der Waals surface area contributed by atoms with E-state index in [1.165, 1.54) is 4.90 Å². The van der Waals surface area contributed by atoms with Crippen molar-refractivity contribution in [1.29, 1.82) is 0 Å². The third-order valence-corrected chi connectivity index (χ3v) is 3.90. The van der Waals surface area contributed by atoms with Gasteiger partial charge in [0.05, 0.1) is 0 Å². The number of hydrogen-bond donors (Lipinski definition) is 2. The zero-order valence-electron chi connectivity index (χ0n) is 12.3. The molecule has 0 radical (unpaired) electrons. The standard InChI is InChI=1S/C16H22N2O3/c1-11(17)5-4-8-15(19)18-10-13-7-3-2-6-12(13)9-14(18)16(20)21/h2-3,6-7,11,14H,4-5,8-10,17H2,1H3,(H,20,21)/t11?,14-/m0/s1. The fourth-order valence-electron chi connectivity index (χ4n) is 2.72. The third-order valence-electron chi connectivity index (χ3n) is 3.90. The zero-order valence-corrected chi connectivity index (χ0v) is 12.3. The van der Waals surface area contributed by atoms with Crippen molar-refractivity contribution in [3.8, 4) is 0 Å². The van der Waals surface area contributed by atoms with E-state index in [1.54, 1.807) is 0 Å². The predicted molar refractivity (Wildman–Crippen MR) is 79.6 cm³/mol. The summed E-state index contributed by atoms with van der Waals surface area (Å²) in [6, 6.07) is 7.01. The average molecular weight is 290 g/mol. The van der Waals surface area contributed by atoms with Crippen molar-refractivity contribution >= 4 is 11.9 Å². The Kier molecular flexibility index (Phi) is 4.96. The van der Waals surface area contributed by atoms with Gasteiger partial charge in [-0.05, 0) is 30.9 Å². The number of hydrogen-bond acceptors (Lipinski definition) is 3. The second-order valence-electron chi connectivity index (χ2n) is 5.72. The Hall–Kier alpha value is -1.88. The molecule has 1 aromatic rings. The van der Waals surface area contributed by atoms with Crippen molar-refractivity contribution in [2.24, 2.45) is 5.73 Å². The fraction of sp³-hybridized carbons (Fsp3) is 0.500. The summed E-state index contributed by atoms with van der Waals surface area (Å²) in [4.78, 5) is 25.3. The van der Waals surface area contributed by atoms with Crippen LogP contribution in [-0.4, -0.2) is 34.0 Å². The number of rotatable bonds is 5. The Morgan fingerprint density at radius 2 is 2.05 bits per heavy atom. The molecule has 0 fully saturated rings. The molecule has 1 unspecified atom stereocenters. The van der Waals surface area contributed by atoms with Crippen molar-refractivity contribution in [2.45, 2.75) is 51.2 Å². The maximum absolute atomic E-state index is 12.3. The van der Waals surface area contributed by atoms with Gasteiger partial charge in [-0.3, -0.25) is 4.79 Å². The molecule has 0 aliphatic carbocycles. The topological polar surface area (TPSA) is 83.6 Å². The molecular weight excluding hydrogens is 268 g/mol. The largest absolute Gasteiger partial charge is 0.480 e. The van der Waals surface area contributed by atoms with Crippen LogP contribution >= 0.6 is 0 Å². The summed E-state index contributed by atoms with van der Waals surface area (Å²) in [5, 5.41) is 9.38. The molecular formula is C16H22N2O3. The van der Waals surface area contributed by atoms with E-state index < -0.39 is 12.0 Å². The van der Waals surface area contributed by atoms with Gasteiger partial charge in [-0.15, -0.1) is 0 Å². The second kappa shape index (κ2) is 6.72. The van der Waals surface area contributed by atoms with Crippen LogP contribution in [0.5, 0.6) is 0 Å². The highest BCUT2D eigenvalue weighted by atomic mass is 16.4. The van der Waals surface area contributed by atoms with E-state index in [9.17, 15) is 14.7 Å². The molecule has 1 amide bonds. The number of aliphatic carboxylic acids is 1. The van der Waals surface area contributed by atoms with Gasteiger partial charge < -0.3 is 15.7 Å². The predicted octanol–water partition coefficient (Wildman–Crippen LogP) is 1.54. The first-order chi connectivity index (χ1) is 9.99. The average Bonchev–Trinajstić information content (AvgIpc) is 2.45. The summed E-state index contributed by atoms with van der Waals surface area (Å²) < 4.78 is 0. The van der Waals surface area contributed by atoms with Gasteiger partial charge in [-0.1, -0.05) is 24.3 Å². The summed E-state index contributed by atoms with van der Waals surface area (Å²) in [6.45, 7) is 2.28. The number of carboxylic acids is 1. The molecule has 0 spiro atoms. The highest BCUT2D eigenvalue weighted by molar-refractivity contribution is 5.84. The van der Waals surface area contributed by atoms with Gasteiger partial charge in [0, 0.05) is 25.4 Å². The van der Waals surface area contributed by atoms with Crippen molar-refractivity contribution in [1.82, 2.24) is 4.90 Å². The van der Waals surface area contributed by atoms with Crippen LogP contribution in [0.3, 0.4) is 0 Å². The Balaban J connectivity index is 2.09. The van der Waals surface area contributed by atoms with Crippen molar-refractivity contribution in [2.75, 3.05) is 0 Å². The molecule has 114 valence electrons. The molecule has 0 saturated heterocycles. The van der Waals surface area contributed by atoms with E-state index in [4.69, 9.17) is 5.73 Å². The summed E-state index contributed by atoms with van der Waals surface area (Å²) in [7, 11) is 0. The number of nitrogens with two attached hydrogens (primary N) is 1. The number of fused-ring (bicyclic) bond motifs is 1. The first-order valence-corrected chi connectivity index (χ1v) is 7.33. The molecule has 5 nitrogen and oxygen atoms in total. The fourth-order valence-corrected chi connectivity index (χ4v) is 2.72. The van der Waals surface area contributed by atoms with Crippen LogP contribution in [0.2, 0.25) is 0 Å². The van der Waals surface area contributed by atoms with Gasteiger partial charge in [-0.2, -0.15) is 0 Å². The number of carbonyl (C=O) groups excluding carboxylic acids is 1. The minimum atomic E-state index is -0.940. The lowest BCUT2D eigenvalue weighted by Gasteiger charge is -2.34. The van der Waals surface area contributed by atoms with Crippen molar-refractivity contribution in [3.05, 3.63) is 35.4 Å². The molecule has 3 N–H and O–H groups in total. The lowest BCUT2D eigenvalue weighted by atomic mass is 9.93. The zero-order chi connectivity index (χ0) is 15.4. The third kappa shape index (κ3) is 3.82. The summed E-state index contributed by atoms with van der Waals surface area (Å²) in [5.74, 6) is -1.04. The minimum absolute atomic E-state index is 0.0650. The first-order valence-electron chi connectivity index (χ1n) is 7.33. The summed E-state index contributed by atoms with van der Waals surface area (Å²) in [5.41, 5.74) is 7.73. The van der Waals surface area contributed by atoms with Gasteiger partial charge in [0.15, 0.2) is 0 Å². The Labute approximate surface area is 124 Å². The Morgan fingerprint density at radius 3 is 2.67 bits per heavy atom. The number of nitrogens with zero attached hydrogens (tertiary/aromatic N) is 1. The molecule has 2 rings (SSSR count). The lowest BCUT2D eigenvalue weighted by Crippen LogP contribution is -2.48. The molecule has 5 heteroatoms. The van der Waals surface area contributed by atoms with E-state index in [1.807, 2.05) is 31.2 Å². The van der Waals surface area contributed by atoms with E-state index in [0.717, 1.165) is 17.5 Å². The SMILES string of the molecule is CC(N)CCCC(=O)N1Cc2ccccc2C[C@H]1C(=O)O. The molecule has 1 heterocycles. The van der Waals surface area contributed by atoms with E-state index in [0.29, 0.717) is 25.8 Å². The van der Waals surface area contributed by atoms with Gasteiger partial charge in [0.2, 0.25) is 5.91 Å². The maximum atomic E-state index is 12.3. The van der Waals surface area contributed by atoms with Crippen LogP contribution < -0.4 is 5.73 Å². The molecule has 1 aromatic carbocycles. The molecule has 1 aliphatic heterocycles. The molecule has 1 aliphatic rings. The number of carbonyl (C=O) groups is 2. The van der Waals surface area contributed by atoms with Gasteiger partial charge >= 0.3 is 5.97 Å². The van der Waals surface area contributed by atoms with Crippen LogP contribution in [0.15, 0.2) is 24.3 Å². The highest BCUT2D eigenvalue weighted by Gasteiger charge is 2.33. The number of carboxylic acid groups (broad SMARTS) is 1. The van der Waals surface area contributed by atoms with Crippen LogP contribution in [0.4, 0.5) is 0 Å². The molecule has 0 aromatic heterocycles. The van der Waals surface area contributed by atoms with Crippen LogP contribution in [0.25, 0.3) is 0 Å². The highest BCUT2D eigenvalue weighted by Crippen LogP contribution is 2.24. The van der Waals surface area contributed by atoms with Gasteiger partial charge in [0.25, 0.3) is 0 Å². The van der Waals surface area contributed by atoms with Gasteiger partial charge in [0.1, 0.15) is 6.04 Å². The van der Waals surface area contributed by atoms with Crippen LogP contribution in [0, 0.1) is 0 Å².